The third-order valence-electron chi connectivity index (χ3n) is 11.1. The molecule has 0 saturated carbocycles. The maximum absolute atomic E-state index is 13.7. The van der Waals surface area contributed by atoms with E-state index in [4.69, 9.17) is 15.2 Å². The maximum atomic E-state index is 13.7. The Balaban J connectivity index is 1.72. The van der Waals surface area contributed by atoms with Crippen molar-refractivity contribution in [1.82, 2.24) is 4.90 Å². The molecule has 6 nitrogen and oxygen atoms in total. The van der Waals surface area contributed by atoms with Gasteiger partial charge in [-0.05, 0) is 24.3 Å². The number of hydrogen-bond donors (Lipinski definition) is 1. The Bertz CT molecular complexity index is 1160. The molecule has 2 N–H and O–H groups in total. The molecule has 6 heteroatoms. The van der Waals surface area contributed by atoms with E-state index in [0.717, 1.165) is 36.5 Å². The van der Waals surface area contributed by atoms with Crippen LogP contribution in [0, 0.1) is 0 Å². The first-order valence-electron chi connectivity index (χ1n) is 23.0. The lowest BCUT2D eigenvalue weighted by Crippen LogP contribution is -2.35. The molecule has 0 atom stereocenters. The molecule has 0 aliphatic carbocycles. The third kappa shape index (κ3) is 23.9. The van der Waals surface area contributed by atoms with Crippen LogP contribution >= 0.6 is 0 Å². The summed E-state index contributed by atoms with van der Waals surface area (Å²) in [5.74, 6) is 0.417. The summed E-state index contributed by atoms with van der Waals surface area (Å²) in [6.07, 6.45) is 41.0. The van der Waals surface area contributed by atoms with Gasteiger partial charge in [0.2, 0.25) is 0 Å². The van der Waals surface area contributed by atoms with Gasteiger partial charge in [-0.25, -0.2) is 9.59 Å². The van der Waals surface area contributed by atoms with Crippen LogP contribution in [0.15, 0.2) is 36.4 Å². The summed E-state index contributed by atoms with van der Waals surface area (Å²) in [7, 11) is 0. The highest BCUT2D eigenvalue weighted by Crippen LogP contribution is 2.36. The SMILES string of the molecule is CCCCCCCCCCCCCCCCCCN(CCCCCCCCCCCCCCCCCC)C(=O)Oc1c(OC(N)=O)ccc2ccccc12. The standard InChI is InChI=1S/C48H82N2O4/c1-3-5-7-9-11-13-15-17-19-21-23-25-27-29-31-35-41-50(42-36-32-30-28-26-24-22-20-18-16-14-12-10-8-6-4-2)48(52)54-46-44-38-34-33-37-43(44)39-40-45(46)53-47(49)51/h33-34,37-40H,3-32,35-36,41-42H2,1-2H3,(H2,49,51). The number of amides is 2. The highest BCUT2D eigenvalue weighted by Gasteiger charge is 2.21. The monoisotopic (exact) mass is 751 g/mol. The van der Waals surface area contributed by atoms with E-state index in [2.05, 4.69) is 13.8 Å². The zero-order valence-electron chi connectivity index (χ0n) is 35.2. The molecule has 308 valence electrons. The van der Waals surface area contributed by atoms with Gasteiger partial charge in [0, 0.05) is 18.5 Å². The Morgan fingerprint density at radius 1 is 0.463 bits per heavy atom. The topological polar surface area (TPSA) is 81.9 Å². The van der Waals surface area contributed by atoms with Gasteiger partial charge < -0.3 is 20.1 Å². The number of ether oxygens (including phenoxy) is 2. The molecular weight excluding hydrogens is 669 g/mol. The summed E-state index contributed by atoms with van der Waals surface area (Å²) in [5, 5.41) is 1.62. The predicted octanol–water partition coefficient (Wildman–Crippen LogP) is 15.6. The summed E-state index contributed by atoms with van der Waals surface area (Å²) in [4.78, 5) is 27.3. The van der Waals surface area contributed by atoms with Crippen molar-refractivity contribution in [3.63, 3.8) is 0 Å². The van der Waals surface area contributed by atoms with Crippen LogP contribution < -0.4 is 15.2 Å². The molecule has 0 saturated heterocycles. The van der Waals surface area contributed by atoms with Crippen molar-refractivity contribution in [2.75, 3.05) is 13.1 Å². The molecule has 2 aromatic rings. The van der Waals surface area contributed by atoms with E-state index in [9.17, 15) is 9.59 Å². The molecule has 2 aromatic carbocycles. The average molecular weight is 751 g/mol. The average Bonchev–Trinajstić information content (AvgIpc) is 3.17. The normalized spacial score (nSPS) is 11.3. The van der Waals surface area contributed by atoms with Gasteiger partial charge in [0.05, 0.1) is 0 Å². The molecule has 0 heterocycles. The third-order valence-corrected chi connectivity index (χ3v) is 11.1. The minimum Gasteiger partial charge on any atom is -0.406 e. The number of benzene rings is 2. The summed E-state index contributed by atoms with van der Waals surface area (Å²) in [5.41, 5.74) is 5.36. The first-order valence-corrected chi connectivity index (χ1v) is 23.0. The highest BCUT2D eigenvalue weighted by atomic mass is 16.6. The van der Waals surface area contributed by atoms with Crippen molar-refractivity contribution < 1.29 is 19.1 Å². The first-order chi connectivity index (χ1) is 26.6. The number of hydrogen-bond acceptors (Lipinski definition) is 4. The van der Waals surface area contributed by atoms with Crippen molar-refractivity contribution >= 4 is 23.0 Å². The minimum absolute atomic E-state index is 0.166. The lowest BCUT2D eigenvalue weighted by Gasteiger charge is -2.23. The lowest BCUT2D eigenvalue weighted by atomic mass is 10.0. The second kappa shape index (κ2) is 33.6. The molecular formula is C48H82N2O4. The Kier molecular flexibility index (Phi) is 29.5. The van der Waals surface area contributed by atoms with Crippen LogP contribution in [0.5, 0.6) is 11.5 Å². The summed E-state index contributed by atoms with van der Waals surface area (Å²) in [6, 6.07) is 11.1. The van der Waals surface area contributed by atoms with E-state index >= 15 is 0 Å². The summed E-state index contributed by atoms with van der Waals surface area (Å²) < 4.78 is 11.3. The summed E-state index contributed by atoms with van der Waals surface area (Å²) >= 11 is 0. The molecule has 2 rings (SSSR count). The van der Waals surface area contributed by atoms with Crippen LogP contribution in [0.25, 0.3) is 10.8 Å². The zero-order valence-corrected chi connectivity index (χ0v) is 35.2. The highest BCUT2D eigenvalue weighted by molar-refractivity contribution is 5.93. The van der Waals surface area contributed by atoms with Gasteiger partial charge in [0.1, 0.15) is 0 Å². The quantitative estimate of drug-likeness (QED) is 0.0703. The van der Waals surface area contributed by atoms with E-state index < -0.39 is 6.09 Å². The fourth-order valence-corrected chi connectivity index (χ4v) is 7.66. The largest absolute Gasteiger partial charge is 0.415 e. The lowest BCUT2D eigenvalue weighted by molar-refractivity contribution is 0.148. The van der Waals surface area contributed by atoms with Crippen LogP contribution in [-0.4, -0.2) is 30.2 Å². The van der Waals surface area contributed by atoms with Gasteiger partial charge in [-0.2, -0.15) is 0 Å². The zero-order chi connectivity index (χ0) is 38.7. The molecule has 0 aliphatic heterocycles. The van der Waals surface area contributed by atoms with Crippen LogP contribution in [0.4, 0.5) is 9.59 Å². The van der Waals surface area contributed by atoms with Gasteiger partial charge >= 0.3 is 12.2 Å². The van der Waals surface area contributed by atoms with Crippen molar-refractivity contribution in [1.29, 1.82) is 0 Å². The van der Waals surface area contributed by atoms with E-state index in [1.165, 1.54) is 180 Å². The van der Waals surface area contributed by atoms with Crippen molar-refractivity contribution in [2.24, 2.45) is 5.73 Å². The number of fused-ring (bicyclic) bond motifs is 1. The molecule has 0 radical (unpaired) electrons. The van der Waals surface area contributed by atoms with Crippen molar-refractivity contribution in [2.45, 2.75) is 219 Å². The van der Waals surface area contributed by atoms with Gasteiger partial charge in [-0.15, -0.1) is 0 Å². The maximum Gasteiger partial charge on any atom is 0.415 e. The molecule has 2 amide bonds. The van der Waals surface area contributed by atoms with Crippen molar-refractivity contribution in [3.05, 3.63) is 36.4 Å². The Morgan fingerprint density at radius 2 is 0.815 bits per heavy atom. The number of nitrogens with zero attached hydrogens (tertiary/aromatic N) is 1. The molecule has 0 aliphatic rings. The molecule has 0 bridgehead atoms. The second-order valence-corrected chi connectivity index (χ2v) is 16.0. The van der Waals surface area contributed by atoms with Crippen LogP contribution in [-0.2, 0) is 0 Å². The van der Waals surface area contributed by atoms with E-state index in [1.807, 2.05) is 35.2 Å². The number of carbonyl (C=O) groups excluding carboxylic acids is 2. The number of carbonyl (C=O) groups is 2. The van der Waals surface area contributed by atoms with Gasteiger partial charge in [-0.3, -0.25) is 0 Å². The predicted molar refractivity (Wildman–Crippen MR) is 231 cm³/mol. The molecule has 0 spiro atoms. The Labute approximate surface area is 332 Å². The number of primary amides is 1. The van der Waals surface area contributed by atoms with Crippen LogP contribution in [0.3, 0.4) is 0 Å². The fourth-order valence-electron chi connectivity index (χ4n) is 7.66. The number of nitrogens with two attached hydrogens (primary N) is 1. The molecule has 0 fully saturated rings. The van der Waals surface area contributed by atoms with Gasteiger partial charge in [0.25, 0.3) is 0 Å². The van der Waals surface area contributed by atoms with E-state index in [1.54, 1.807) is 6.07 Å². The molecule has 54 heavy (non-hydrogen) atoms. The Hall–Kier alpha value is -2.76. The van der Waals surface area contributed by atoms with Gasteiger partial charge in [0.15, 0.2) is 11.5 Å². The van der Waals surface area contributed by atoms with Gasteiger partial charge in [-0.1, -0.05) is 237 Å². The summed E-state index contributed by atoms with van der Waals surface area (Å²) in [6.45, 7) is 5.91. The first kappa shape index (κ1) is 47.4. The van der Waals surface area contributed by atoms with Crippen molar-refractivity contribution in [3.8, 4) is 11.5 Å². The second-order valence-electron chi connectivity index (χ2n) is 16.0. The smallest absolute Gasteiger partial charge is 0.406 e. The van der Waals surface area contributed by atoms with Crippen LogP contribution in [0.2, 0.25) is 0 Å². The van der Waals surface area contributed by atoms with E-state index in [-0.39, 0.29) is 17.6 Å². The number of rotatable bonds is 36. The minimum atomic E-state index is -0.930. The Morgan fingerprint density at radius 3 is 1.19 bits per heavy atom. The van der Waals surface area contributed by atoms with Crippen LogP contribution in [0.1, 0.15) is 219 Å². The van der Waals surface area contributed by atoms with E-state index in [0.29, 0.717) is 13.1 Å². The molecule has 0 aromatic heterocycles. The molecule has 0 unspecified atom stereocenters. The fraction of sp³-hybridized carbons (Fsp3) is 0.750. The number of unbranched alkanes of at least 4 members (excludes halogenated alkanes) is 30.